The van der Waals surface area contributed by atoms with Gasteiger partial charge in [-0.05, 0) is 20.3 Å². The van der Waals surface area contributed by atoms with Gasteiger partial charge in [0.1, 0.15) is 0 Å². The summed E-state index contributed by atoms with van der Waals surface area (Å²) in [6.07, 6.45) is 11.7. The summed E-state index contributed by atoms with van der Waals surface area (Å²) in [6, 6.07) is 0. The number of ketones is 1. The lowest BCUT2D eigenvalue weighted by molar-refractivity contribution is -0.117. The Morgan fingerprint density at radius 2 is 1.20 bits per heavy atom. The maximum atomic E-state index is 11.8. The first-order chi connectivity index (χ1) is 9.50. The molecule has 0 aliphatic carbocycles. The zero-order valence-electron chi connectivity index (χ0n) is 13.5. The molecule has 0 bridgehead atoms. The average Bonchev–Trinajstić information content (AvgIpc) is 2.43. The van der Waals surface area contributed by atoms with E-state index in [0.717, 1.165) is 12.8 Å². The Balaban J connectivity index is 3.63. The van der Waals surface area contributed by atoms with Gasteiger partial charge in [0.2, 0.25) is 5.91 Å². The maximum Gasteiger partial charge on any atom is 0.244 e. The second-order valence-electron chi connectivity index (χ2n) is 5.62. The zero-order valence-corrected chi connectivity index (χ0v) is 13.5. The lowest BCUT2D eigenvalue weighted by Crippen LogP contribution is -2.16. The normalized spacial score (nSPS) is 12.2. The van der Waals surface area contributed by atoms with Crippen LogP contribution >= 0.6 is 0 Å². The van der Waals surface area contributed by atoms with Gasteiger partial charge in [-0.1, -0.05) is 58.3 Å². The molecule has 0 aliphatic heterocycles. The topological polar surface area (TPSA) is 60.2 Å². The fourth-order valence-corrected chi connectivity index (χ4v) is 2.18. The van der Waals surface area contributed by atoms with Crippen LogP contribution in [-0.2, 0) is 9.59 Å². The zero-order chi connectivity index (χ0) is 15.4. The minimum atomic E-state index is -0.497. The molecule has 0 aromatic carbocycles. The third-order valence-electron chi connectivity index (χ3n) is 3.86. The molecule has 0 aliphatic rings. The third kappa shape index (κ3) is 8.89. The molecule has 0 fully saturated rings. The van der Waals surface area contributed by atoms with Crippen LogP contribution in [0.1, 0.15) is 85.0 Å². The van der Waals surface area contributed by atoms with E-state index in [0.29, 0.717) is 17.6 Å². The van der Waals surface area contributed by atoms with E-state index >= 15 is 0 Å². The first-order valence-electron chi connectivity index (χ1n) is 8.01. The molecule has 3 nitrogen and oxygen atoms in total. The van der Waals surface area contributed by atoms with E-state index in [1.807, 2.05) is 0 Å². The number of nitrogens with two attached hydrogens (primary N) is 1. The Bertz CT molecular complexity index is 332. The molecular formula is C17H31NO2. The predicted molar refractivity (Wildman–Crippen MR) is 84.4 cm³/mol. The number of hydrogen-bond donors (Lipinski definition) is 1. The van der Waals surface area contributed by atoms with E-state index in [1.165, 1.54) is 44.9 Å². The monoisotopic (exact) mass is 281 g/mol. The van der Waals surface area contributed by atoms with Crippen molar-refractivity contribution in [3.8, 4) is 0 Å². The molecular weight excluding hydrogens is 250 g/mol. The van der Waals surface area contributed by atoms with E-state index in [1.54, 1.807) is 13.8 Å². The van der Waals surface area contributed by atoms with Crippen molar-refractivity contribution in [3.05, 3.63) is 11.1 Å². The minimum Gasteiger partial charge on any atom is -0.366 e. The van der Waals surface area contributed by atoms with Crippen LogP contribution in [0, 0.1) is 0 Å². The average molecular weight is 281 g/mol. The Labute approximate surface area is 124 Å². The van der Waals surface area contributed by atoms with Crippen molar-refractivity contribution in [1.29, 1.82) is 0 Å². The van der Waals surface area contributed by atoms with Crippen LogP contribution in [0.2, 0.25) is 0 Å². The van der Waals surface area contributed by atoms with Crippen molar-refractivity contribution in [1.82, 2.24) is 0 Å². The van der Waals surface area contributed by atoms with Crippen LogP contribution in [0.15, 0.2) is 11.1 Å². The molecule has 0 spiro atoms. The van der Waals surface area contributed by atoms with E-state index < -0.39 is 5.91 Å². The molecule has 0 unspecified atom stereocenters. The molecule has 0 aromatic rings. The second-order valence-corrected chi connectivity index (χ2v) is 5.62. The largest absolute Gasteiger partial charge is 0.366 e. The van der Waals surface area contributed by atoms with Crippen molar-refractivity contribution in [2.24, 2.45) is 5.73 Å². The van der Waals surface area contributed by atoms with Gasteiger partial charge in [0.25, 0.3) is 0 Å². The van der Waals surface area contributed by atoms with Crippen molar-refractivity contribution < 1.29 is 9.59 Å². The fraction of sp³-hybridized carbons (Fsp3) is 0.765. The number of carbonyl (C=O) groups excluding carboxylic acids is 2. The lowest BCUT2D eigenvalue weighted by Gasteiger charge is -2.04. The summed E-state index contributed by atoms with van der Waals surface area (Å²) in [4.78, 5) is 22.8. The molecule has 0 aromatic heterocycles. The summed E-state index contributed by atoms with van der Waals surface area (Å²) >= 11 is 0. The molecule has 0 saturated heterocycles. The van der Waals surface area contributed by atoms with Gasteiger partial charge < -0.3 is 5.73 Å². The van der Waals surface area contributed by atoms with Crippen LogP contribution in [0.25, 0.3) is 0 Å². The van der Waals surface area contributed by atoms with Crippen molar-refractivity contribution in [3.63, 3.8) is 0 Å². The number of carbonyl (C=O) groups is 2. The van der Waals surface area contributed by atoms with E-state index in [9.17, 15) is 9.59 Å². The molecule has 1 amide bonds. The molecule has 0 radical (unpaired) electrons. The van der Waals surface area contributed by atoms with Gasteiger partial charge in [-0.3, -0.25) is 9.59 Å². The van der Waals surface area contributed by atoms with Crippen LogP contribution in [-0.4, -0.2) is 11.7 Å². The number of rotatable bonds is 12. The first-order valence-corrected chi connectivity index (χ1v) is 8.01. The quantitative estimate of drug-likeness (QED) is 0.428. The SMILES string of the molecule is CCCCCCCCCCCC(=O)C(C)=C(C)C(N)=O. The van der Waals surface area contributed by atoms with Crippen LogP contribution in [0.4, 0.5) is 0 Å². The Hall–Kier alpha value is -1.12. The molecule has 0 saturated carbocycles. The molecule has 0 atom stereocenters. The molecule has 0 heterocycles. The smallest absolute Gasteiger partial charge is 0.244 e. The van der Waals surface area contributed by atoms with Crippen molar-refractivity contribution >= 4 is 11.7 Å². The highest BCUT2D eigenvalue weighted by Gasteiger charge is 2.10. The summed E-state index contributed by atoms with van der Waals surface area (Å²) in [5.74, 6) is -0.438. The van der Waals surface area contributed by atoms with Crippen molar-refractivity contribution in [2.75, 3.05) is 0 Å². The summed E-state index contributed by atoms with van der Waals surface area (Å²) in [6.45, 7) is 5.54. The lowest BCUT2D eigenvalue weighted by atomic mass is 10.0. The van der Waals surface area contributed by atoms with Crippen LogP contribution in [0.3, 0.4) is 0 Å². The highest BCUT2D eigenvalue weighted by Crippen LogP contribution is 2.13. The summed E-state index contributed by atoms with van der Waals surface area (Å²) < 4.78 is 0. The van der Waals surface area contributed by atoms with E-state index in [-0.39, 0.29) is 5.78 Å². The number of hydrogen-bond acceptors (Lipinski definition) is 2. The van der Waals surface area contributed by atoms with E-state index in [4.69, 9.17) is 5.73 Å². The number of allylic oxidation sites excluding steroid dienone is 1. The van der Waals surface area contributed by atoms with Gasteiger partial charge in [-0.2, -0.15) is 0 Å². The van der Waals surface area contributed by atoms with Crippen LogP contribution < -0.4 is 5.73 Å². The number of unbranched alkanes of at least 4 members (excludes halogenated alkanes) is 8. The van der Waals surface area contributed by atoms with Gasteiger partial charge in [0.05, 0.1) is 0 Å². The van der Waals surface area contributed by atoms with Gasteiger partial charge in [-0.15, -0.1) is 0 Å². The minimum absolute atomic E-state index is 0.0595. The maximum absolute atomic E-state index is 11.8. The Morgan fingerprint density at radius 3 is 1.65 bits per heavy atom. The third-order valence-corrected chi connectivity index (χ3v) is 3.86. The van der Waals surface area contributed by atoms with E-state index in [2.05, 4.69) is 6.92 Å². The molecule has 3 heteroatoms. The highest BCUT2D eigenvalue weighted by atomic mass is 16.1. The summed E-state index contributed by atoms with van der Waals surface area (Å²) in [5, 5.41) is 0. The first kappa shape index (κ1) is 18.9. The predicted octanol–water partition coefficient (Wildman–Crippen LogP) is 4.30. The van der Waals surface area contributed by atoms with Gasteiger partial charge >= 0.3 is 0 Å². The number of Topliss-reactive ketones (excluding diaryl/α,β-unsaturated/α-hetero) is 1. The Kier molecular flexibility index (Phi) is 11.0. The molecule has 20 heavy (non-hydrogen) atoms. The summed E-state index contributed by atoms with van der Waals surface area (Å²) in [7, 11) is 0. The molecule has 0 rings (SSSR count). The number of amides is 1. The van der Waals surface area contributed by atoms with Crippen molar-refractivity contribution in [2.45, 2.75) is 85.0 Å². The van der Waals surface area contributed by atoms with Gasteiger partial charge in [0, 0.05) is 17.6 Å². The highest BCUT2D eigenvalue weighted by molar-refractivity contribution is 6.04. The number of primary amides is 1. The molecule has 2 N–H and O–H groups in total. The standard InChI is InChI=1S/C17H31NO2/c1-4-5-6-7-8-9-10-11-12-13-16(19)14(2)15(3)17(18)20/h4-13H2,1-3H3,(H2,18,20). The Morgan fingerprint density at radius 1 is 0.750 bits per heavy atom. The van der Waals surface area contributed by atoms with Gasteiger partial charge in [0.15, 0.2) is 5.78 Å². The molecule has 116 valence electrons. The van der Waals surface area contributed by atoms with Crippen LogP contribution in [0.5, 0.6) is 0 Å². The second kappa shape index (κ2) is 11.7. The summed E-state index contributed by atoms with van der Waals surface area (Å²) in [5.41, 5.74) is 6.09. The fourth-order valence-electron chi connectivity index (χ4n) is 2.18. The van der Waals surface area contributed by atoms with Gasteiger partial charge in [-0.25, -0.2) is 0 Å².